The minimum absolute atomic E-state index is 0.0992. The average Bonchev–Trinajstić information content (AvgIpc) is 2.74. The Morgan fingerprint density at radius 3 is 1.86 bits per heavy atom. The number of rotatable bonds is 1. The van der Waals surface area contributed by atoms with Gasteiger partial charge in [0.2, 0.25) is 5.91 Å². The molecule has 0 saturated carbocycles. The lowest BCUT2D eigenvalue weighted by molar-refractivity contribution is 0.0946. The van der Waals surface area contributed by atoms with Crippen LogP contribution in [0.1, 0.15) is 18.6 Å². The summed E-state index contributed by atoms with van der Waals surface area (Å²) in [6, 6.07) is 18.0. The molecule has 5 heteroatoms. The van der Waals surface area contributed by atoms with E-state index in [2.05, 4.69) is 0 Å². The predicted molar refractivity (Wildman–Crippen MR) is 117 cm³/mol. The van der Waals surface area contributed by atoms with Crippen LogP contribution in [-0.2, 0) is 6.54 Å². The van der Waals surface area contributed by atoms with Gasteiger partial charge in [-0.2, -0.15) is 0 Å². The molecule has 3 aromatic carbocycles. The van der Waals surface area contributed by atoms with Crippen LogP contribution in [0, 0.1) is 0 Å². The molecule has 2 heterocycles. The van der Waals surface area contributed by atoms with Crippen LogP contribution in [0.5, 0.6) is 0 Å². The fourth-order valence-corrected chi connectivity index (χ4v) is 4.34. The van der Waals surface area contributed by atoms with Crippen molar-refractivity contribution in [3.63, 3.8) is 0 Å². The van der Waals surface area contributed by atoms with Gasteiger partial charge in [-0.3, -0.25) is 19.0 Å². The van der Waals surface area contributed by atoms with Crippen molar-refractivity contribution in [2.75, 3.05) is 0 Å². The van der Waals surface area contributed by atoms with E-state index in [0.29, 0.717) is 44.6 Å². The van der Waals surface area contributed by atoms with Gasteiger partial charge in [-0.05, 0) is 43.3 Å². The average molecular weight is 382 g/mol. The van der Waals surface area contributed by atoms with Gasteiger partial charge in [0.15, 0.2) is 10.9 Å². The van der Waals surface area contributed by atoms with Crippen LogP contribution in [-0.4, -0.2) is 15.0 Å². The second-order valence-corrected chi connectivity index (χ2v) is 7.18. The maximum Gasteiger partial charge on any atom is 0.228 e. The number of nitrogens with zero attached hydrogens (tertiary/aromatic N) is 2. The SMILES string of the molecule is CCn1c2ccccc2c(=O)c2cc3c(cc21)c(=O)c1ccccc1n3C(C)=O. The van der Waals surface area contributed by atoms with Crippen LogP contribution in [0.15, 0.2) is 70.3 Å². The molecule has 142 valence electrons. The molecule has 0 unspecified atom stereocenters. The van der Waals surface area contributed by atoms with Crippen molar-refractivity contribution in [2.24, 2.45) is 0 Å². The monoisotopic (exact) mass is 382 g/mol. The Bertz CT molecular complexity index is 1610. The Balaban J connectivity index is 2.14. The Kier molecular flexibility index (Phi) is 3.68. The molecule has 0 bridgehead atoms. The van der Waals surface area contributed by atoms with Gasteiger partial charge in [-0.1, -0.05) is 24.3 Å². The molecule has 0 N–H and O–H groups in total. The third-order valence-corrected chi connectivity index (χ3v) is 5.60. The smallest absolute Gasteiger partial charge is 0.228 e. The van der Waals surface area contributed by atoms with E-state index >= 15 is 0 Å². The highest BCUT2D eigenvalue weighted by Gasteiger charge is 2.17. The molecule has 5 aromatic rings. The molecule has 0 atom stereocenters. The van der Waals surface area contributed by atoms with Crippen LogP contribution < -0.4 is 10.9 Å². The van der Waals surface area contributed by atoms with E-state index in [1.807, 2.05) is 35.8 Å². The van der Waals surface area contributed by atoms with Crippen LogP contribution >= 0.6 is 0 Å². The van der Waals surface area contributed by atoms with Gasteiger partial charge in [0.1, 0.15) is 0 Å². The number of para-hydroxylation sites is 2. The molecule has 5 nitrogen and oxygen atoms in total. The molecule has 0 radical (unpaired) electrons. The molecule has 0 aliphatic rings. The molecular weight excluding hydrogens is 364 g/mol. The molecule has 0 aliphatic carbocycles. The van der Waals surface area contributed by atoms with Crippen LogP contribution in [0.25, 0.3) is 43.6 Å². The first-order valence-electron chi connectivity index (χ1n) is 9.56. The van der Waals surface area contributed by atoms with E-state index in [1.165, 1.54) is 11.5 Å². The van der Waals surface area contributed by atoms with E-state index in [4.69, 9.17) is 0 Å². The lowest BCUT2D eigenvalue weighted by Gasteiger charge is -2.16. The van der Waals surface area contributed by atoms with E-state index in [1.54, 1.807) is 36.4 Å². The Morgan fingerprint density at radius 1 is 0.724 bits per heavy atom. The number of aryl methyl sites for hydroxylation is 1. The summed E-state index contributed by atoms with van der Waals surface area (Å²) in [5.41, 5.74) is 2.30. The molecular formula is C24H18N2O3. The highest BCUT2D eigenvalue weighted by molar-refractivity contribution is 6.07. The summed E-state index contributed by atoms with van der Waals surface area (Å²) < 4.78 is 3.56. The third-order valence-electron chi connectivity index (χ3n) is 5.60. The van der Waals surface area contributed by atoms with Crippen molar-refractivity contribution in [3.05, 3.63) is 81.1 Å². The van der Waals surface area contributed by atoms with E-state index in [-0.39, 0.29) is 16.8 Å². The first-order valence-corrected chi connectivity index (χ1v) is 9.56. The summed E-state index contributed by atoms with van der Waals surface area (Å²) in [6.07, 6.45) is 0. The highest BCUT2D eigenvalue weighted by Crippen LogP contribution is 2.26. The van der Waals surface area contributed by atoms with Gasteiger partial charge in [-0.25, -0.2) is 0 Å². The standard InChI is InChI=1S/C24H18N2O3/c1-3-25-19-10-6-4-8-15(19)23(28)17-13-22-18(12-21(17)25)24(29)16-9-5-7-11-20(16)26(22)14(2)27/h4-13H,3H2,1-2H3. The predicted octanol–water partition coefficient (Wildman–Crippen LogP) is 4.30. The van der Waals surface area contributed by atoms with Gasteiger partial charge in [-0.15, -0.1) is 0 Å². The first-order chi connectivity index (χ1) is 14.0. The van der Waals surface area contributed by atoms with Crippen molar-refractivity contribution < 1.29 is 4.79 Å². The van der Waals surface area contributed by atoms with Crippen molar-refractivity contribution in [3.8, 4) is 0 Å². The van der Waals surface area contributed by atoms with Crippen molar-refractivity contribution >= 4 is 49.5 Å². The topological polar surface area (TPSA) is 61.1 Å². The van der Waals surface area contributed by atoms with Gasteiger partial charge in [0, 0.05) is 35.0 Å². The Morgan fingerprint density at radius 2 is 1.24 bits per heavy atom. The van der Waals surface area contributed by atoms with E-state index < -0.39 is 0 Å². The summed E-state index contributed by atoms with van der Waals surface area (Å²) in [4.78, 5) is 39.0. The zero-order valence-electron chi connectivity index (χ0n) is 16.1. The minimum Gasteiger partial charge on any atom is -0.341 e. The molecule has 5 rings (SSSR count). The minimum atomic E-state index is -0.206. The lowest BCUT2D eigenvalue weighted by Crippen LogP contribution is -2.17. The number of fused-ring (bicyclic) bond motifs is 4. The van der Waals surface area contributed by atoms with Crippen LogP contribution in [0.3, 0.4) is 0 Å². The van der Waals surface area contributed by atoms with Gasteiger partial charge < -0.3 is 4.57 Å². The molecule has 2 aromatic heterocycles. The summed E-state index contributed by atoms with van der Waals surface area (Å²) in [5.74, 6) is -0.206. The number of carbonyl (C=O) groups is 1. The first kappa shape index (κ1) is 17.4. The highest BCUT2D eigenvalue weighted by atomic mass is 16.2. The fraction of sp³-hybridized carbons (Fsp3) is 0.125. The maximum absolute atomic E-state index is 13.2. The molecule has 0 aliphatic heterocycles. The van der Waals surface area contributed by atoms with Crippen molar-refractivity contribution in [1.29, 1.82) is 0 Å². The molecule has 29 heavy (non-hydrogen) atoms. The molecule has 0 saturated heterocycles. The zero-order valence-corrected chi connectivity index (χ0v) is 16.1. The van der Waals surface area contributed by atoms with Crippen molar-refractivity contribution in [1.82, 2.24) is 9.13 Å². The summed E-state index contributed by atoms with van der Waals surface area (Å²) in [7, 11) is 0. The molecule has 0 fully saturated rings. The number of aromatic nitrogens is 2. The second-order valence-electron chi connectivity index (χ2n) is 7.18. The van der Waals surface area contributed by atoms with Crippen LogP contribution in [0.2, 0.25) is 0 Å². The summed E-state index contributed by atoms with van der Waals surface area (Å²) in [5, 5.41) is 2.05. The van der Waals surface area contributed by atoms with E-state index in [0.717, 1.165) is 5.52 Å². The quantitative estimate of drug-likeness (QED) is 0.406. The van der Waals surface area contributed by atoms with E-state index in [9.17, 15) is 14.4 Å². The lowest BCUT2D eigenvalue weighted by atomic mass is 10.0. The fourth-order valence-electron chi connectivity index (χ4n) is 4.34. The van der Waals surface area contributed by atoms with Crippen LogP contribution in [0.4, 0.5) is 0 Å². The second kappa shape index (κ2) is 6.14. The summed E-state index contributed by atoms with van der Waals surface area (Å²) >= 11 is 0. The number of hydrogen-bond donors (Lipinski definition) is 0. The summed E-state index contributed by atoms with van der Waals surface area (Å²) in [6.45, 7) is 4.12. The van der Waals surface area contributed by atoms with Gasteiger partial charge >= 0.3 is 0 Å². The Labute approximate surface area is 165 Å². The maximum atomic E-state index is 13.2. The molecule has 0 amide bonds. The number of hydrogen-bond acceptors (Lipinski definition) is 3. The van der Waals surface area contributed by atoms with Gasteiger partial charge in [0.05, 0.1) is 22.1 Å². The number of carbonyl (C=O) groups excluding carboxylic acids is 1. The number of benzene rings is 3. The zero-order chi connectivity index (χ0) is 20.3. The van der Waals surface area contributed by atoms with Crippen molar-refractivity contribution in [2.45, 2.75) is 20.4 Å². The number of pyridine rings is 2. The van der Waals surface area contributed by atoms with Gasteiger partial charge in [0.25, 0.3) is 0 Å². The largest absolute Gasteiger partial charge is 0.341 e. The Hall–Kier alpha value is -3.73. The molecule has 0 spiro atoms. The third kappa shape index (κ3) is 2.30. The normalized spacial score (nSPS) is 11.7.